The van der Waals surface area contributed by atoms with Crippen molar-refractivity contribution in [1.29, 1.82) is 0 Å². The second-order valence-corrected chi connectivity index (χ2v) is 9.49. The van der Waals surface area contributed by atoms with Gasteiger partial charge in [-0.25, -0.2) is 8.42 Å². The van der Waals surface area contributed by atoms with Gasteiger partial charge in [0.2, 0.25) is 15.2 Å². The van der Waals surface area contributed by atoms with Crippen LogP contribution in [0.3, 0.4) is 0 Å². The largest absolute Gasteiger partial charge is 0.257 e. The maximum absolute atomic E-state index is 12.1. The molecule has 5 nitrogen and oxygen atoms in total. The van der Waals surface area contributed by atoms with Crippen molar-refractivity contribution in [3.63, 3.8) is 0 Å². The van der Waals surface area contributed by atoms with Crippen molar-refractivity contribution in [2.75, 3.05) is 4.72 Å². The smallest absolute Gasteiger partial charge is 0.238 e. The molecule has 0 radical (unpaired) electrons. The molecular formula is C12H14ClN3O2S3. The molecule has 0 amide bonds. The van der Waals surface area contributed by atoms with E-state index < -0.39 is 10.0 Å². The standard InChI is InChI=1S/C12H14ClN3O2S3/c1-8(2)19-12-15-14-11(20-12)16-21(17,18)7-9-4-3-5-10(13)6-9/h3-6,8H,7H2,1-2H3,(H,14,16). The molecule has 0 aliphatic rings. The number of rotatable bonds is 6. The zero-order valence-corrected chi connectivity index (χ0v) is 14.6. The summed E-state index contributed by atoms with van der Waals surface area (Å²) in [6, 6.07) is 6.76. The number of halogens is 1. The number of aromatic nitrogens is 2. The van der Waals surface area contributed by atoms with Crippen LogP contribution in [0.1, 0.15) is 19.4 Å². The van der Waals surface area contributed by atoms with Crippen LogP contribution < -0.4 is 4.72 Å². The first-order valence-corrected chi connectivity index (χ1v) is 9.82. The summed E-state index contributed by atoms with van der Waals surface area (Å²) < 4.78 is 27.4. The Kier molecular flexibility index (Phi) is 5.48. The van der Waals surface area contributed by atoms with Gasteiger partial charge in [-0.2, -0.15) is 0 Å². The molecule has 21 heavy (non-hydrogen) atoms. The maximum Gasteiger partial charge on any atom is 0.238 e. The van der Waals surface area contributed by atoms with Crippen LogP contribution in [0.2, 0.25) is 5.02 Å². The van der Waals surface area contributed by atoms with Crippen molar-refractivity contribution in [3.8, 4) is 0 Å². The average Bonchev–Trinajstić information content (AvgIpc) is 2.73. The van der Waals surface area contributed by atoms with Gasteiger partial charge in [0, 0.05) is 10.3 Å². The number of benzene rings is 1. The third-order valence-electron chi connectivity index (χ3n) is 2.23. The van der Waals surface area contributed by atoms with E-state index in [9.17, 15) is 8.42 Å². The lowest BCUT2D eigenvalue weighted by Crippen LogP contribution is -2.14. The van der Waals surface area contributed by atoms with Crippen molar-refractivity contribution >= 4 is 49.9 Å². The monoisotopic (exact) mass is 363 g/mol. The van der Waals surface area contributed by atoms with Crippen LogP contribution in [-0.2, 0) is 15.8 Å². The summed E-state index contributed by atoms with van der Waals surface area (Å²) in [5, 5.41) is 8.95. The van der Waals surface area contributed by atoms with E-state index in [-0.39, 0.29) is 10.9 Å². The molecule has 0 aliphatic heterocycles. The zero-order chi connectivity index (χ0) is 15.5. The third kappa shape index (κ3) is 5.46. The Morgan fingerprint density at radius 1 is 1.38 bits per heavy atom. The molecular weight excluding hydrogens is 350 g/mol. The Bertz CT molecular complexity index is 716. The van der Waals surface area contributed by atoms with Gasteiger partial charge in [0.15, 0.2) is 4.34 Å². The first kappa shape index (κ1) is 16.5. The van der Waals surface area contributed by atoms with Crippen molar-refractivity contribution in [2.24, 2.45) is 0 Å². The molecule has 0 spiro atoms. The van der Waals surface area contributed by atoms with Gasteiger partial charge in [0.25, 0.3) is 0 Å². The van der Waals surface area contributed by atoms with Crippen LogP contribution in [0.4, 0.5) is 5.13 Å². The highest BCUT2D eigenvalue weighted by atomic mass is 35.5. The van der Waals surface area contributed by atoms with Gasteiger partial charge < -0.3 is 0 Å². The Balaban J connectivity index is 2.05. The summed E-state index contributed by atoms with van der Waals surface area (Å²) in [5.41, 5.74) is 0.622. The van der Waals surface area contributed by atoms with Crippen molar-refractivity contribution in [1.82, 2.24) is 10.2 Å². The lowest BCUT2D eigenvalue weighted by molar-refractivity contribution is 0.600. The molecule has 1 N–H and O–H groups in total. The lowest BCUT2D eigenvalue weighted by Gasteiger charge is -2.05. The van der Waals surface area contributed by atoms with E-state index in [2.05, 4.69) is 14.9 Å². The number of thioether (sulfide) groups is 1. The molecule has 1 aromatic heterocycles. The number of nitrogens with one attached hydrogen (secondary N) is 1. The van der Waals surface area contributed by atoms with Crippen LogP contribution in [-0.4, -0.2) is 23.9 Å². The van der Waals surface area contributed by atoms with Crippen LogP contribution in [0.5, 0.6) is 0 Å². The highest BCUT2D eigenvalue weighted by molar-refractivity contribution is 8.01. The number of hydrogen-bond donors (Lipinski definition) is 1. The molecule has 0 saturated carbocycles. The SMILES string of the molecule is CC(C)Sc1nnc(NS(=O)(=O)Cc2cccc(Cl)c2)s1. The zero-order valence-electron chi connectivity index (χ0n) is 11.4. The second kappa shape index (κ2) is 6.95. The normalized spacial score (nSPS) is 11.8. The quantitative estimate of drug-likeness (QED) is 0.793. The van der Waals surface area contributed by atoms with Crippen molar-refractivity contribution < 1.29 is 8.42 Å². The predicted molar refractivity (Wildman–Crippen MR) is 88.6 cm³/mol. The van der Waals surface area contributed by atoms with Gasteiger partial charge in [-0.15, -0.1) is 10.2 Å². The molecule has 0 bridgehead atoms. The Labute approximate surface area is 137 Å². The van der Waals surface area contributed by atoms with E-state index in [4.69, 9.17) is 11.6 Å². The molecule has 0 unspecified atom stereocenters. The Morgan fingerprint density at radius 2 is 2.14 bits per heavy atom. The first-order valence-electron chi connectivity index (χ1n) is 6.09. The molecule has 0 aliphatic carbocycles. The van der Waals surface area contributed by atoms with E-state index in [0.29, 0.717) is 15.8 Å². The van der Waals surface area contributed by atoms with Gasteiger partial charge in [-0.05, 0) is 17.7 Å². The molecule has 0 saturated heterocycles. The maximum atomic E-state index is 12.1. The van der Waals surface area contributed by atoms with Crippen LogP contribution >= 0.6 is 34.7 Å². The lowest BCUT2D eigenvalue weighted by atomic mass is 10.2. The summed E-state index contributed by atoms with van der Waals surface area (Å²) in [7, 11) is -3.53. The van der Waals surface area contributed by atoms with Gasteiger partial charge >= 0.3 is 0 Å². The molecule has 2 aromatic rings. The third-order valence-corrected chi connectivity index (χ3v) is 5.74. The van der Waals surface area contributed by atoms with Crippen LogP contribution in [0, 0.1) is 0 Å². The van der Waals surface area contributed by atoms with Crippen LogP contribution in [0.15, 0.2) is 28.6 Å². The first-order chi connectivity index (χ1) is 9.84. The minimum absolute atomic E-state index is 0.153. The molecule has 2 rings (SSSR count). The molecule has 1 heterocycles. The van der Waals surface area contributed by atoms with Crippen LogP contribution in [0.25, 0.3) is 0 Å². The summed E-state index contributed by atoms with van der Waals surface area (Å²) in [6.45, 7) is 4.07. The van der Waals surface area contributed by atoms with E-state index in [1.54, 1.807) is 36.0 Å². The molecule has 1 aromatic carbocycles. The Hall–Kier alpha value is -0.830. The van der Waals surface area contributed by atoms with E-state index in [1.165, 1.54) is 11.3 Å². The van der Waals surface area contributed by atoms with Gasteiger partial charge in [-0.3, -0.25) is 4.72 Å². The molecule has 114 valence electrons. The highest BCUT2D eigenvalue weighted by Gasteiger charge is 2.15. The molecule has 0 fully saturated rings. The summed E-state index contributed by atoms with van der Waals surface area (Å²) in [4.78, 5) is 0. The van der Waals surface area contributed by atoms with Crippen molar-refractivity contribution in [2.45, 2.75) is 29.2 Å². The minimum atomic E-state index is -3.53. The number of hydrogen-bond acceptors (Lipinski definition) is 6. The summed E-state index contributed by atoms with van der Waals surface area (Å²) in [6.07, 6.45) is 0. The average molecular weight is 364 g/mol. The Morgan fingerprint density at radius 3 is 2.81 bits per heavy atom. The second-order valence-electron chi connectivity index (χ2n) is 4.53. The van der Waals surface area contributed by atoms with E-state index >= 15 is 0 Å². The van der Waals surface area contributed by atoms with Gasteiger partial charge in [0.05, 0.1) is 5.75 Å². The molecule has 9 heteroatoms. The number of sulfonamides is 1. The fourth-order valence-corrected chi connectivity index (χ4v) is 5.10. The fourth-order valence-electron chi connectivity index (χ4n) is 1.52. The number of anilines is 1. The summed E-state index contributed by atoms with van der Waals surface area (Å²) in [5.74, 6) is -0.153. The molecule has 0 atom stereocenters. The topological polar surface area (TPSA) is 72.0 Å². The predicted octanol–water partition coefficient (Wildman–Crippen LogP) is 3.63. The fraction of sp³-hybridized carbons (Fsp3) is 0.333. The van der Waals surface area contributed by atoms with Gasteiger partial charge in [-0.1, -0.05) is 60.7 Å². The minimum Gasteiger partial charge on any atom is -0.257 e. The summed E-state index contributed by atoms with van der Waals surface area (Å²) >= 11 is 8.62. The number of nitrogens with zero attached hydrogens (tertiary/aromatic N) is 2. The van der Waals surface area contributed by atoms with E-state index in [1.807, 2.05) is 13.8 Å². The van der Waals surface area contributed by atoms with E-state index in [0.717, 1.165) is 4.34 Å². The highest BCUT2D eigenvalue weighted by Crippen LogP contribution is 2.29. The van der Waals surface area contributed by atoms with Gasteiger partial charge in [0.1, 0.15) is 0 Å². The van der Waals surface area contributed by atoms with Crippen molar-refractivity contribution in [3.05, 3.63) is 34.9 Å².